The van der Waals surface area contributed by atoms with Gasteiger partial charge in [-0.3, -0.25) is 9.93 Å². The molecule has 0 radical (unpaired) electrons. The highest BCUT2D eigenvalue weighted by Crippen LogP contribution is 2.24. The summed E-state index contributed by atoms with van der Waals surface area (Å²) in [6, 6.07) is 11.3. The first-order valence-electron chi connectivity index (χ1n) is 9.73. The third-order valence-corrected chi connectivity index (χ3v) is 6.24. The Hall–Kier alpha value is -2.88. The van der Waals surface area contributed by atoms with Crippen LogP contribution >= 0.6 is 11.6 Å². The Balaban J connectivity index is 1.61. The van der Waals surface area contributed by atoms with E-state index in [-0.39, 0.29) is 11.6 Å². The van der Waals surface area contributed by atoms with Gasteiger partial charge in [0.1, 0.15) is 17.1 Å². The minimum atomic E-state index is -2.84. The number of nitrogens with one attached hydrogen (secondary N) is 2. The number of aromatic amines is 1. The molecule has 170 valence electrons. The first kappa shape index (κ1) is 23.8. The SMILES string of the molecule is C=S(N)(=O)c1cc2cc(N(C)CCC(C=O)C(=O)NCc3cc(F)cc(Cl)c3)ccc2[nH]1. The molecule has 4 N–H and O–H groups in total. The molecule has 7 nitrogen and oxygen atoms in total. The van der Waals surface area contributed by atoms with Gasteiger partial charge in [-0.2, -0.15) is 0 Å². The van der Waals surface area contributed by atoms with Crippen LogP contribution in [0.2, 0.25) is 5.02 Å². The van der Waals surface area contributed by atoms with Crippen molar-refractivity contribution in [2.24, 2.45) is 11.1 Å². The molecule has 0 saturated heterocycles. The van der Waals surface area contributed by atoms with Crippen molar-refractivity contribution in [2.75, 3.05) is 18.5 Å². The van der Waals surface area contributed by atoms with Gasteiger partial charge in [-0.15, -0.1) is 0 Å². The van der Waals surface area contributed by atoms with Crippen molar-refractivity contribution in [1.29, 1.82) is 0 Å². The molecule has 0 aliphatic heterocycles. The minimum Gasteiger partial charge on any atom is -0.375 e. The number of hydrogen-bond donors (Lipinski definition) is 3. The number of hydrogen-bond acceptors (Lipinski definition) is 4. The van der Waals surface area contributed by atoms with Crippen LogP contribution in [-0.4, -0.2) is 40.8 Å². The number of nitrogens with two attached hydrogens (primary N) is 1. The molecule has 2 unspecified atom stereocenters. The van der Waals surface area contributed by atoms with Gasteiger partial charge in [0.25, 0.3) is 0 Å². The third kappa shape index (κ3) is 5.87. The number of H-pyrrole nitrogens is 1. The van der Waals surface area contributed by atoms with Crippen molar-refractivity contribution in [2.45, 2.75) is 18.0 Å². The zero-order valence-electron chi connectivity index (χ0n) is 17.4. The van der Waals surface area contributed by atoms with E-state index in [1.54, 1.807) is 12.1 Å². The first-order valence-corrected chi connectivity index (χ1v) is 11.9. The molecule has 2 aromatic carbocycles. The maximum Gasteiger partial charge on any atom is 0.230 e. The average molecular weight is 479 g/mol. The van der Waals surface area contributed by atoms with Gasteiger partial charge in [-0.1, -0.05) is 11.6 Å². The maximum absolute atomic E-state index is 13.4. The predicted molar refractivity (Wildman–Crippen MR) is 127 cm³/mol. The van der Waals surface area contributed by atoms with Gasteiger partial charge in [-0.25, -0.2) is 8.60 Å². The van der Waals surface area contributed by atoms with E-state index in [2.05, 4.69) is 16.2 Å². The summed E-state index contributed by atoms with van der Waals surface area (Å²) in [7, 11) is -0.999. The van der Waals surface area contributed by atoms with Gasteiger partial charge in [0.15, 0.2) is 0 Å². The number of rotatable bonds is 9. The summed E-state index contributed by atoms with van der Waals surface area (Å²) in [6.07, 6.45) is 0.900. The Labute approximate surface area is 190 Å². The zero-order chi connectivity index (χ0) is 23.5. The van der Waals surface area contributed by atoms with E-state index in [1.807, 2.05) is 30.1 Å². The molecule has 0 saturated carbocycles. The van der Waals surface area contributed by atoms with Gasteiger partial charge >= 0.3 is 0 Å². The Morgan fingerprint density at radius 2 is 2.09 bits per heavy atom. The average Bonchev–Trinajstić information content (AvgIpc) is 3.16. The highest BCUT2D eigenvalue weighted by atomic mass is 35.5. The Bertz CT molecular complexity index is 1240. The lowest BCUT2D eigenvalue weighted by molar-refractivity contribution is -0.129. The lowest BCUT2D eigenvalue weighted by Crippen LogP contribution is -2.33. The Morgan fingerprint density at radius 1 is 1.34 bits per heavy atom. The monoisotopic (exact) mass is 478 g/mol. The number of anilines is 1. The number of aldehydes is 1. The van der Waals surface area contributed by atoms with Crippen molar-refractivity contribution < 1.29 is 18.2 Å². The van der Waals surface area contributed by atoms with E-state index in [0.717, 1.165) is 16.6 Å². The van der Waals surface area contributed by atoms with E-state index in [0.29, 0.717) is 29.8 Å². The molecule has 0 fully saturated rings. The molecule has 10 heteroatoms. The molecule has 0 aliphatic rings. The van der Waals surface area contributed by atoms with Crippen LogP contribution in [0.5, 0.6) is 0 Å². The number of fused-ring (bicyclic) bond motifs is 1. The summed E-state index contributed by atoms with van der Waals surface area (Å²) in [5.41, 5.74) is 2.14. The fourth-order valence-electron chi connectivity index (χ4n) is 3.27. The smallest absolute Gasteiger partial charge is 0.230 e. The highest BCUT2D eigenvalue weighted by molar-refractivity contribution is 7.98. The second kappa shape index (κ2) is 9.72. The number of aromatic nitrogens is 1. The van der Waals surface area contributed by atoms with Crippen LogP contribution in [0.25, 0.3) is 10.9 Å². The van der Waals surface area contributed by atoms with E-state index in [9.17, 15) is 18.2 Å². The summed E-state index contributed by atoms with van der Waals surface area (Å²) in [5.74, 6) is 1.70. The molecule has 2 atom stereocenters. The van der Waals surface area contributed by atoms with E-state index in [4.69, 9.17) is 16.7 Å². The Morgan fingerprint density at radius 3 is 2.75 bits per heavy atom. The maximum atomic E-state index is 13.4. The minimum absolute atomic E-state index is 0.0691. The fraction of sp³-hybridized carbons (Fsp3) is 0.227. The summed E-state index contributed by atoms with van der Waals surface area (Å²) in [5, 5.41) is 9.67. The van der Waals surface area contributed by atoms with Gasteiger partial charge in [0, 0.05) is 41.8 Å². The second-order valence-electron chi connectivity index (χ2n) is 7.58. The van der Waals surface area contributed by atoms with Gasteiger partial charge in [-0.05, 0) is 60.3 Å². The number of amides is 1. The standard InChI is InChI=1S/C22H24ClFN4O3S/c1-28(19-3-4-20-16(9-19)10-21(27-20)32(2,25)31)6-5-15(13-29)22(30)26-12-14-7-17(23)11-18(24)8-14/h3-4,7-11,13,15,27H,2,5-6,12H2,1H3,(H2,25,31)(H,26,30). The van der Waals surface area contributed by atoms with Crippen LogP contribution in [0.4, 0.5) is 10.1 Å². The molecule has 0 spiro atoms. The molecule has 1 amide bonds. The number of benzene rings is 2. The molecule has 1 aromatic heterocycles. The van der Waals surface area contributed by atoms with Crippen LogP contribution < -0.4 is 15.4 Å². The first-order chi connectivity index (χ1) is 15.1. The summed E-state index contributed by atoms with van der Waals surface area (Å²) in [4.78, 5) is 28.8. The summed E-state index contributed by atoms with van der Waals surface area (Å²) < 4.78 is 25.4. The van der Waals surface area contributed by atoms with Crippen molar-refractivity contribution in [3.8, 4) is 0 Å². The van der Waals surface area contributed by atoms with Crippen molar-refractivity contribution >= 4 is 56.0 Å². The van der Waals surface area contributed by atoms with Crippen LogP contribution in [0.1, 0.15) is 12.0 Å². The number of nitrogens with zero attached hydrogens (tertiary/aromatic N) is 1. The van der Waals surface area contributed by atoms with Gasteiger partial charge < -0.3 is 20.0 Å². The third-order valence-electron chi connectivity index (χ3n) is 5.06. The van der Waals surface area contributed by atoms with Crippen LogP contribution in [-0.2, 0) is 25.8 Å². The van der Waals surface area contributed by atoms with Crippen LogP contribution in [0, 0.1) is 11.7 Å². The largest absolute Gasteiger partial charge is 0.375 e. The van der Waals surface area contributed by atoms with Crippen LogP contribution in [0.3, 0.4) is 0 Å². The number of carbonyl (C=O) groups is 2. The number of carbonyl (C=O) groups excluding carboxylic acids is 2. The van der Waals surface area contributed by atoms with Crippen molar-refractivity contribution in [3.63, 3.8) is 0 Å². The molecule has 32 heavy (non-hydrogen) atoms. The second-order valence-corrected chi connectivity index (χ2v) is 9.91. The molecule has 1 heterocycles. The van der Waals surface area contributed by atoms with Gasteiger partial charge in [0.2, 0.25) is 5.91 Å². The lowest BCUT2D eigenvalue weighted by Gasteiger charge is -2.21. The molecular formula is C22H24ClFN4O3S. The summed E-state index contributed by atoms with van der Waals surface area (Å²) >= 11 is 5.82. The van der Waals surface area contributed by atoms with E-state index < -0.39 is 27.4 Å². The molecule has 0 bridgehead atoms. The molecule has 3 aromatic rings. The number of halogens is 2. The van der Waals surface area contributed by atoms with E-state index >= 15 is 0 Å². The van der Waals surface area contributed by atoms with E-state index in [1.165, 1.54) is 12.1 Å². The quantitative estimate of drug-likeness (QED) is 0.249. The topological polar surface area (TPSA) is 108 Å². The van der Waals surface area contributed by atoms with Crippen LogP contribution in [0.15, 0.2) is 47.5 Å². The zero-order valence-corrected chi connectivity index (χ0v) is 19.0. The molecule has 0 aliphatic carbocycles. The lowest BCUT2D eigenvalue weighted by atomic mass is 10.1. The van der Waals surface area contributed by atoms with Gasteiger partial charge in [0.05, 0.1) is 15.6 Å². The molecule has 3 rings (SSSR count). The van der Waals surface area contributed by atoms with Crippen molar-refractivity contribution in [3.05, 3.63) is 58.9 Å². The fourth-order valence-corrected chi connectivity index (χ4v) is 4.13. The highest BCUT2D eigenvalue weighted by Gasteiger charge is 2.18. The summed E-state index contributed by atoms with van der Waals surface area (Å²) in [6.45, 7) is 0.508. The van der Waals surface area contributed by atoms with Crippen molar-refractivity contribution in [1.82, 2.24) is 10.3 Å². The normalized spacial score (nSPS) is 14.0. The molecular weight excluding hydrogens is 455 g/mol. The predicted octanol–water partition coefficient (Wildman–Crippen LogP) is 2.87. The Kier molecular flexibility index (Phi) is 7.22.